The molecule has 19 heavy (non-hydrogen) atoms. The van der Waals surface area contributed by atoms with Crippen LogP contribution in [0.5, 0.6) is 0 Å². The fourth-order valence-electron chi connectivity index (χ4n) is 2.43. The van der Waals surface area contributed by atoms with Gasteiger partial charge in [-0.2, -0.15) is 0 Å². The number of rotatable bonds is 2. The van der Waals surface area contributed by atoms with Gasteiger partial charge in [-0.3, -0.25) is 0 Å². The van der Waals surface area contributed by atoms with Crippen LogP contribution >= 0.6 is 0 Å². The molecule has 0 radical (unpaired) electrons. The zero-order valence-electron chi connectivity index (χ0n) is 12.1. The van der Waals surface area contributed by atoms with Gasteiger partial charge in [0.2, 0.25) is 0 Å². The van der Waals surface area contributed by atoms with Crippen LogP contribution in [0.4, 0.5) is 0 Å². The van der Waals surface area contributed by atoms with Gasteiger partial charge in [0.15, 0.2) is 0 Å². The quantitative estimate of drug-likeness (QED) is 0.767. The van der Waals surface area contributed by atoms with E-state index in [9.17, 15) is 0 Å². The van der Waals surface area contributed by atoms with Crippen molar-refractivity contribution in [1.82, 2.24) is 0 Å². The maximum Gasteiger partial charge on any atom is 0.532 e. The summed E-state index contributed by atoms with van der Waals surface area (Å²) in [5.41, 5.74) is 0.0860. The second-order valence-electron chi connectivity index (χ2n) is 6.39. The van der Waals surface area contributed by atoms with Crippen LogP contribution in [0, 0.1) is 0 Å². The summed E-state index contributed by atoms with van der Waals surface area (Å²) in [6.45, 7) is 9.74. The first-order valence-corrected chi connectivity index (χ1v) is 6.92. The Hall–Kier alpha value is -0.775. The molecule has 3 rings (SSSR count). The highest BCUT2D eigenvalue weighted by molar-refractivity contribution is 6.60. The lowest BCUT2D eigenvalue weighted by atomic mass is 9.86. The number of hydrogen-bond acceptors (Lipinski definition) is 4. The fraction of sp³-hybridized carbons (Fsp3) is 0.714. The van der Waals surface area contributed by atoms with Crippen molar-refractivity contribution in [3.8, 4) is 0 Å². The molecule has 3 heterocycles. The molecule has 1 aromatic rings. The highest BCUT2D eigenvalue weighted by Crippen LogP contribution is 2.36. The van der Waals surface area contributed by atoms with Gasteiger partial charge in [0.25, 0.3) is 0 Å². The largest absolute Gasteiger partial charge is 0.532 e. The topological polar surface area (TPSA) is 40.8 Å². The molecular weight excluding hydrogens is 243 g/mol. The molecular formula is C14H21BO4. The van der Waals surface area contributed by atoms with Gasteiger partial charge in [-0.05, 0) is 46.2 Å². The summed E-state index contributed by atoms with van der Waals surface area (Å²) in [6.07, 6.45) is 1.02. The third kappa shape index (κ3) is 2.24. The first kappa shape index (κ1) is 13.2. The normalized spacial score (nSPS) is 29.1. The molecule has 0 bridgehead atoms. The average molecular weight is 264 g/mol. The van der Waals surface area contributed by atoms with Crippen LogP contribution in [-0.2, 0) is 14.0 Å². The van der Waals surface area contributed by atoms with Gasteiger partial charge < -0.3 is 18.5 Å². The van der Waals surface area contributed by atoms with Crippen molar-refractivity contribution in [2.45, 2.75) is 51.2 Å². The first-order chi connectivity index (χ1) is 8.89. The monoisotopic (exact) mass is 264 g/mol. The molecule has 2 aliphatic rings. The Labute approximate surface area is 114 Å². The number of hydrogen-bond donors (Lipinski definition) is 0. The first-order valence-electron chi connectivity index (χ1n) is 6.92. The summed E-state index contributed by atoms with van der Waals surface area (Å²) in [5.74, 6) is 1.35. The van der Waals surface area contributed by atoms with Crippen LogP contribution in [0.3, 0.4) is 0 Å². The second-order valence-corrected chi connectivity index (χ2v) is 6.39. The van der Waals surface area contributed by atoms with Crippen molar-refractivity contribution >= 4 is 12.8 Å². The standard InChI is InChI=1S/C14H21BO4/c1-13(2)14(3,4)19-15(18-13)12-6-5-11(17-12)10-7-8-16-9-10/h5-6,10H,7-9H2,1-4H3. The Morgan fingerprint density at radius 2 is 1.79 bits per heavy atom. The SMILES string of the molecule is CC1(C)OB(c2ccc(C3CCOC3)o2)OC1(C)C. The molecule has 1 atom stereocenters. The molecule has 4 nitrogen and oxygen atoms in total. The molecule has 104 valence electrons. The van der Waals surface area contributed by atoms with Crippen molar-refractivity contribution in [2.75, 3.05) is 13.2 Å². The highest BCUT2D eigenvalue weighted by atomic mass is 16.7. The molecule has 2 fully saturated rings. The molecule has 2 aliphatic heterocycles. The Bertz CT molecular complexity index is 444. The van der Waals surface area contributed by atoms with Crippen molar-refractivity contribution in [3.63, 3.8) is 0 Å². The minimum Gasteiger partial charge on any atom is -0.469 e. The van der Waals surface area contributed by atoms with E-state index in [2.05, 4.69) is 0 Å². The second kappa shape index (κ2) is 4.37. The third-order valence-corrected chi connectivity index (χ3v) is 4.47. The van der Waals surface area contributed by atoms with E-state index in [1.165, 1.54) is 0 Å². The van der Waals surface area contributed by atoms with Gasteiger partial charge >= 0.3 is 7.12 Å². The molecule has 0 aliphatic carbocycles. The van der Waals surface area contributed by atoms with Gasteiger partial charge in [-0.25, -0.2) is 0 Å². The summed E-state index contributed by atoms with van der Waals surface area (Å²) < 4.78 is 23.3. The number of ether oxygens (including phenoxy) is 1. The molecule has 0 amide bonds. The summed E-state index contributed by atoms with van der Waals surface area (Å²) in [4.78, 5) is 0. The molecule has 0 N–H and O–H groups in total. The van der Waals surface area contributed by atoms with E-state index in [1.807, 2.05) is 39.8 Å². The molecule has 2 saturated heterocycles. The summed E-state index contributed by atoms with van der Waals surface area (Å²) >= 11 is 0. The highest BCUT2D eigenvalue weighted by Gasteiger charge is 2.53. The van der Waals surface area contributed by atoms with E-state index >= 15 is 0 Å². The maximum atomic E-state index is 5.98. The zero-order chi connectivity index (χ0) is 13.7. The fourth-order valence-corrected chi connectivity index (χ4v) is 2.43. The van der Waals surface area contributed by atoms with E-state index in [1.54, 1.807) is 0 Å². The Kier molecular flexibility index (Phi) is 3.04. The van der Waals surface area contributed by atoms with Crippen LogP contribution in [0.15, 0.2) is 16.5 Å². The maximum absolute atomic E-state index is 5.98. The molecule has 0 saturated carbocycles. The molecule has 1 unspecified atom stereocenters. The van der Waals surface area contributed by atoms with Crippen LogP contribution in [0.1, 0.15) is 45.8 Å². The van der Waals surface area contributed by atoms with Crippen molar-refractivity contribution in [3.05, 3.63) is 17.9 Å². The smallest absolute Gasteiger partial charge is 0.469 e. The predicted octanol–water partition coefficient (Wildman–Crippen LogP) is 2.08. The van der Waals surface area contributed by atoms with Gasteiger partial charge in [0.05, 0.1) is 17.8 Å². The van der Waals surface area contributed by atoms with Crippen molar-refractivity contribution in [2.24, 2.45) is 0 Å². The minimum absolute atomic E-state index is 0.332. The Morgan fingerprint density at radius 1 is 1.11 bits per heavy atom. The van der Waals surface area contributed by atoms with Gasteiger partial charge in [0.1, 0.15) is 11.4 Å². The van der Waals surface area contributed by atoms with Gasteiger partial charge in [0, 0.05) is 12.5 Å². The van der Waals surface area contributed by atoms with Crippen LogP contribution in [0.25, 0.3) is 0 Å². The van der Waals surface area contributed by atoms with Crippen molar-refractivity contribution in [1.29, 1.82) is 0 Å². The summed E-state index contributed by atoms with van der Waals surface area (Å²) in [7, 11) is -0.416. The summed E-state index contributed by atoms with van der Waals surface area (Å²) in [5, 5.41) is 0. The van der Waals surface area contributed by atoms with E-state index in [0.29, 0.717) is 5.92 Å². The predicted molar refractivity (Wildman–Crippen MR) is 72.6 cm³/mol. The van der Waals surface area contributed by atoms with E-state index < -0.39 is 7.12 Å². The third-order valence-electron chi connectivity index (χ3n) is 4.47. The average Bonchev–Trinajstić information content (AvgIpc) is 3.00. The number of furan rings is 1. The summed E-state index contributed by atoms with van der Waals surface area (Å²) in [6, 6.07) is 3.97. The van der Waals surface area contributed by atoms with E-state index in [0.717, 1.165) is 31.1 Å². The Morgan fingerprint density at radius 3 is 2.37 bits per heavy atom. The van der Waals surface area contributed by atoms with Crippen molar-refractivity contribution < 1.29 is 18.5 Å². The molecule has 0 spiro atoms. The lowest BCUT2D eigenvalue weighted by Gasteiger charge is -2.32. The molecule has 0 aromatic carbocycles. The van der Waals surface area contributed by atoms with E-state index in [4.69, 9.17) is 18.5 Å². The lowest BCUT2D eigenvalue weighted by molar-refractivity contribution is 0.00578. The van der Waals surface area contributed by atoms with Crippen LogP contribution in [-0.4, -0.2) is 31.5 Å². The molecule has 1 aromatic heterocycles. The zero-order valence-corrected chi connectivity index (χ0v) is 12.1. The van der Waals surface area contributed by atoms with Gasteiger partial charge in [-0.15, -0.1) is 0 Å². The lowest BCUT2D eigenvalue weighted by Crippen LogP contribution is -2.41. The molecule has 5 heteroatoms. The van der Waals surface area contributed by atoms with Crippen LogP contribution in [0.2, 0.25) is 0 Å². The van der Waals surface area contributed by atoms with Crippen LogP contribution < -0.4 is 5.66 Å². The van der Waals surface area contributed by atoms with E-state index in [-0.39, 0.29) is 11.2 Å². The Balaban J connectivity index is 1.77. The minimum atomic E-state index is -0.416. The van der Waals surface area contributed by atoms with Gasteiger partial charge in [-0.1, -0.05) is 0 Å².